The van der Waals surface area contributed by atoms with Gasteiger partial charge in [-0.1, -0.05) is 10.2 Å². The van der Waals surface area contributed by atoms with Gasteiger partial charge in [-0.15, -0.1) is 14.6 Å². The molecule has 0 aliphatic carbocycles. The fourth-order valence-corrected chi connectivity index (χ4v) is 4.21. The molecular formula is C20H14N4O11S2. The Morgan fingerprint density at radius 3 is 2.49 bits per heavy atom. The molecule has 2 aromatic heterocycles. The second kappa shape index (κ2) is 10.1. The Bertz CT molecular complexity index is 1710. The number of nitrogens with zero attached hydrogens (tertiary/aromatic N) is 4. The summed E-state index contributed by atoms with van der Waals surface area (Å²) in [4.78, 5) is 23.6. The standard InChI is InChI=1S/C20H14N4O11S2/c1-9-15(21-22-17-13-7-6-12(37(30,31)32)8-14(13)33-23-17)18(25)24(19(26)16(9)36-35-34-29)11-4-2-10(3-5-11)20(27)28/h2-8,25,29H,1H3,(H,27,28)(H,30,31,32). The van der Waals surface area contributed by atoms with Crippen molar-refractivity contribution in [1.29, 1.82) is 0 Å². The lowest BCUT2D eigenvalue weighted by Gasteiger charge is -2.14. The van der Waals surface area contributed by atoms with Gasteiger partial charge in [-0.2, -0.15) is 8.42 Å². The average Bonchev–Trinajstić information content (AvgIpc) is 3.26. The summed E-state index contributed by atoms with van der Waals surface area (Å²) in [6.07, 6.45) is 0. The lowest BCUT2D eigenvalue weighted by molar-refractivity contribution is -0.432. The predicted molar refractivity (Wildman–Crippen MR) is 124 cm³/mol. The zero-order chi connectivity index (χ0) is 26.9. The minimum absolute atomic E-state index is 0.0294. The highest BCUT2D eigenvalue weighted by Gasteiger charge is 2.23. The number of hydrogen-bond acceptors (Lipinski definition) is 13. The molecule has 0 atom stereocenters. The van der Waals surface area contributed by atoms with Gasteiger partial charge < -0.3 is 14.7 Å². The summed E-state index contributed by atoms with van der Waals surface area (Å²) < 4.78 is 42.1. The fraction of sp³-hybridized carbons (Fsp3) is 0.0500. The quantitative estimate of drug-likeness (QED) is 0.0806. The monoisotopic (exact) mass is 550 g/mol. The summed E-state index contributed by atoms with van der Waals surface area (Å²) in [7, 11) is -4.49. The molecule has 4 aromatic rings. The Kier molecular flexibility index (Phi) is 7.07. The van der Waals surface area contributed by atoms with Gasteiger partial charge in [0.05, 0.1) is 33.6 Å². The number of pyridine rings is 1. The SMILES string of the molecule is Cc1c(N=Nc2noc3cc(S(=O)(=O)O)ccc23)c(O)n(-c2ccc(C(=O)O)cc2)c(=O)c1SOOO. The van der Waals surface area contributed by atoms with E-state index in [1.807, 2.05) is 0 Å². The Morgan fingerprint density at radius 2 is 1.86 bits per heavy atom. The van der Waals surface area contributed by atoms with Gasteiger partial charge in [-0.25, -0.2) is 14.6 Å². The maximum absolute atomic E-state index is 13.1. The van der Waals surface area contributed by atoms with E-state index < -0.39 is 32.4 Å². The van der Waals surface area contributed by atoms with Crippen LogP contribution >= 0.6 is 12.0 Å². The zero-order valence-corrected chi connectivity index (χ0v) is 19.9. The molecular weight excluding hydrogens is 536 g/mol. The van der Waals surface area contributed by atoms with Crippen molar-refractivity contribution in [2.75, 3.05) is 0 Å². The van der Waals surface area contributed by atoms with Gasteiger partial charge in [-0.3, -0.25) is 9.35 Å². The molecule has 0 spiro atoms. The largest absolute Gasteiger partial charge is 0.493 e. The summed E-state index contributed by atoms with van der Waals surface area (Å²) in [6, 6.07) is 8.38. The molecule has 17 heteroatoms. The van der Waals surface area contributed by atoms with Gasteiger partial charge in [0.1, 0.15) is 4.90 Å². The average molecular weight is 550 g/mol. The molecule has 0 saturated carbocycles. The van der Waals surface area contributed by atoms with Crippen molar-refractivity contribution in [3.63, 3.8) is 0 Å². The minimum atomic E-state index is -4.49. The molecule has 2 heterocycles. The number of aromatic carboxylic acids is 1. The molecule has 192 valence electrons. The molecule has 0 amide bonds. The third-order valence-electron chi connectivity index (χ3n) is 5.00. The van der Waals surface area contributed by atoms with Gasteiger partial charge in [-0.05, 0) is 43.3 Å². The minimum Gasteiger partial charge on any atom is -0.493 e. The van der Waals surface area contributed by atoms with E-state index in [0.717, 1.165) is 16.7 Å². The molecule has 4 N–H and O–H groups in total. The summed E-state index contributed by atoms with van der Waals surface area (Å²) in [6.45, 7) is 1.40. The number of carboxylic acids is 1. The lowest BCUT2D eigenvalue weighted by atomic mass is 10.2. The smallest absolute Gasteiger partial charge is 0.335 e. The van der Waals surface area contributed by atoms with Crippen LogP contribution in [0, 0.1) is 6.92 Å². The van der Waals surface area contributed by atoms with Crippen LogP contribution in [0.2, 0.25) is 0 Å². The summed E-state index contributed by atoms with van der Waals surface area (Å²) in [5, 5.41) is 43.9. The molecule has 37 heavy (non-hydrogen) atoms. The van der Waals surface area contributed by atoms with E-state index in [0.29, 0.717) is 12.0 Å². The van der Waals surface area contributed by atoms with Crippen LogP contribution in [0.15, 0.2) is 71.8 Å². The van der Waals surface area contributed by atoms with Crippen molar-refractivity contribution in [2.45, 2.75) is 16.7 Å². The van der Waals surface area contributed by atoms with E-state index in [2.05, 4.69) is 24.8 Å². The van der Waals surface area contributed by atoms with Crippen molar-refractivity contribution in [2.24, 2.45) is 10.2 Å². The van der Waals surface area contributed by atoms with Crippen molar-refractivity contribution < 1.29 is 47.1 Å². The Hall–Kier alpha value is -4.13. The molecule has 0 fully saturated rings. The maximum atomic E-state index is 13.1. The van der Waals surface area contributed by atoms with E-state index in [-0.39, 0.29) is 44.2 Å². The Labute approximate surface area is 210 Å². The summed E-state index contributed by atoms with van der Waals surface area (Å²) >= 11 is 0.316. The van der Waals surface area contributed by atoms with E-state index in [9.17, 15) is 27.7 Å². The number of hydrogen-bond donors (Lipinski definition) is 4. The van der Waals surface area contributed by atoms with Crippen LogP contribution in [0.25, 0.3) is 16.7 Å². The number of aromatic nitrogens is 2. The summed E-state index contributed by atoms with van der Waals surface area (Å²) in [5.74, 6) is -2.00. The van der Waals surface area contributed by atoms with Gasteiger partial charge in [0, 0.05) is 11.6 Å². The lowest BCUT2D eigenvalue weighted by Crippen LogP contribution is -2.21. The molecule has 0 radical (unpaired) electrons. The topological polar surface area (TPSA) is 223 Å². The van der Waals surface area contributed by atoms with Crippen LogP contribution < -0.4 is 5.56 Å². The first-order valence-electron chi connectivity index (χ1n) is 9.78. The maximum Gasteiger partial charge on any atom is 0.335 e. The highest BCUT2D eigenvalue weighted by molar-refractivity contribution is 7.94. The third-order valence-corrected chi connectivity index (χ3v) is 6.63. The number of rotatable bonds is 8. The first-order valence-corrected chi connectivity index (χ1v) is 12.0. The Balaban J connectivity index is 1.85. The molecule has 4 rings (SSSR count). The molecule has 0 aliphatic heterocycles. The van der Waals surface area contributed by atoms with Crippen molar-refractivity contribution in [3.8, 4) is 11.6 Å². The second-order valence-electron chi connectivity index (χ2n) is 7.18. The van der Waals surface area contributed by atoms with Crippen LogP contribution in [0.4, 0.5) is 11.5 Å². The van der Waals surface area contributed by atoms with Crippen molar-refractivity contribution in [1.82, 2.24) is 9.72 Å². The number of carboxylic acid groups (broad SMARTS) is 1. The zero-order valence-electron chi connectivity index (χ0n) is 18.3. The molecule has 0 aliphatic rings. The van der Waals surface area contributed by atoms with Gasteiger partial charge in [0.15, 0.2) is 11.3 Å². The number of fused-ring (bicyclic) bond motifs is 1. The molecule has 15 nitrogen and oxygen atoms in total. The summed E-state index contributed by atoms with van der Waals surface area (Å²) in [5.41, 5.74) is -1.02. The van der Waals surface area contributed by atoms with E-state index >= 15 is 0 Å². The van der Waals surface area contributed by atoms with E-state index in [1.54, 1.807) is 0 Å². The first kappa shape index (κ1) is 25.9. The Morgan fingerprint density at radius 1 is 1.16 bits per heavy atom. The highest BCUT2D eigenvalue weighted by atomic mass is 32.2. The van der Waals surface area contributed by atoms with Crippen LogP contribution in [0.3, 0.4) is 0 Å². The van der Waals surface area contributed by atoms with Crippen LogP contribution in [-0.4, -0.2) is 44.1 Å². The van der Waals surface area contributed by atoms with Gasteiger partial charge >= 0.3 is 5.97 Å². The highest BCUT2D eigenvalue weighted by Crippen LogP contribution is 2.38. The predicted octanol–water partition coefficient (Wildman–Crippen LogP) is 3.78. The number of azo groups is 1. The van der Waals surface area contributed by atoms with Crippen molar-refractivity contribution >= 4 is 50.6 Å². The molecule has 0 bridgehead atoms. The van der Waals surface area contributed by atoms with Crippen LogP contribution in [0.5, 0.6) is 5.88 Å². The third kappa shape index (κ3) is 5.07. The van der Waals surface area contributed by atoms with Crippen molar-refractivity contribution in [3.05, 3.63) is 63.9 Å². The number of benzene rings is 2. The first-order chi connectivity index (χ1) is 17.5. The fourth-order valence-electron chi connectivity index (χ4n) is 3.23. The molecule has 0 saturated heterocycles. The van der Waals surface area contributed by atoms with E-state index in [1.165, 1.54) is 37.3 Å². The number of aromatic hydroxyl groups is 1. The normalized spacial score (nSPS) is 12.0. The second-order valence-corrected chi connectivity index (χ2v) is 9.32. The molecule has 2 aromatic carbocycles. The number of carbonyl (C=O) groups is 1. The van der Waals surface area contributed by atoms with E-state index in [4.69, 9.17) is 14.9 Å². The van der Waals surface area contributed by atoms with Crippen LogP contribution in [0.1, 0.15) is 15.9 Å². The van der Waals surface area contributed by atoms with Crippen LogP contribution in [-0.2, 0) is 19.5 Å². The van der Waals surface area contributed by atoms with Gasteiger partial charge in [0.2, 0.25) is 11.7 Å². The van der Waals surface area contributed by atoms with Gasteiger partial charge in [0.25, 0.3) is 15.7 Å². The molecule has 0 unspecified atom stereocenters.